The second-order valence-corrected chi connectivity index (χ2v) is 8.91. The minimum Gasteiger partial charge on any atom is -0.289 e. The van der Waals surface area contributed by atoms with Crippen LogP contribution >= 0.6 is 0 Å². The van der Waals surface area contributed by atoms with Gasteiger partial charge in [0.2, 0.25) is 0 Å². The zero-order valence-electron chi connectivity index (χ0n) is 21.1. The third-order valence-electron chi connectivity index (χ3n) is 6.05. The van der Waals surface area contributed by atoms with Gasteiger partial charge in [0.15, 0.2) is 11.6 Å². The third-order valence-corrected chi connectivity index (χ3v) is 6.05. The molecule has 190 valence electrons. The van der Waals surface area contributed by atoms with Gasteiger partial charge >= 0.3 is 0 Å². The van der Waals surface area contributed by atoms with Gasteiger partial charge in [0.05, 0.1) is 0 Å². The van der Waals surface area contributed by atoms with Gasteiger partial charge in [-0.25, -0.2) is 8.78 Å². The predicted molar refractivity (Wildman–Crippen MR) is 151 cm³/mol. The van der Waals surface area contributed by atoms with Crippen LogP contribution < -0.4 is 0 Å². The fraction of sp³-hybridized carbons (Fsp3) is 0. The molecule has 0 aromatic heterocycles. The Kier molecular flexibility index (Phi) is 7.72. The van der Waals surface area contributed by atoms with Crippen LogP contribution in [0.5, 0.6) is 0 Å². The van der Waals surface area contributed by atoms with Crippen LogP contribution in [0, 0.1) is 35.3 Å². The Morgan fingerprint density at radius 2 is 0.750 bits per heavy atom. The highest BCUT2D eigenvalue weighted by Crippen LogP contribution is 2.14. The van der Waals surface area contributed by atoms with Crippen LogP contribution in [0.25, 0.3) is 0 Å². The fourth-order valence-corrected chi connectivity index (χ4v) is 3.94. The van der Waals surface area contributed by atoms with Crippen LogP contribution in [-0.2, 0) is 0 Å². The van der Waals surface area contributed by atoms with E-state index in [4.69, 9.17) is 0 Å². The van der Waals surface area contributed by atoms with Crippen molar-refractivity contribution in [2.75, 3.05) is 0 Å². The highest BCUT2D eigenvalue weighted by Gasteiger charge is 2.10. The Morgan fingerprint density at radius 3 is 1.12 bits per heavy atom. The molecule has 0 N–H and O–H groups in total. The quantitative estimate of drug-likeness (QED) is 0.184. The van der Waals surface area contributed by atoms with E-state index in [1.165, 1.54) is 48.5 Å². The van der Waals surface area contributed by atoms with E-state index in [1.54, 1.807) is 36.4 Å². The topological polar surface area (TPSA) is 34.1 Å². The largest absolute Gasteiger partial charge is 0.289 e. The van der Waals surface area contributed by atoms with Crippen molar-refractivity contribution in [2.45, 2.75) is 0 Å². The average molecular weight is 523 g/mol. The van der Waals surface area contributed by atoms with E-state index in [9.17, 15) is 18.4 Å². The van der Waals surface area contributed by atoms with E-state index in [2.05, 4.69) is 23.7 Å². The number of carbonyl (C=O) groups is 2. The zero-order valence-corrected chi connectivity index (χ0v) is 21.1. The molecule has 0 amide bonds. The van der Waals surface area contributed by atoms with Crippen molar-refractivity contribution < 1.29 is 18.4 Å². The molecular weight excluding hydrogens is 502 g/mol. The van der Waals surface area contributed by atoms with E-state index in [-0.39, 0.29) is 11.6 Å². The molecule has 0 aliphatic rings. The van der Waals surface area contributed by atoms with Gasteiger partial charge in [-0.3, -0.25) is 9.59 Å². The van der Waals surface area contributed by atoms with Crippen molar-refractivity contribution in [1.29, 1.82) is 0 Å². The number of carbonyl (C=O) groups excluding carboxylic acids is 2. The summed E-state index contributed by atoms with van der Waals surface area (Å²) in [5.41, 5.74) is 4.72. The van der Waals surface area contributed by atoms with Crippen LogP contribution in [0.15, 0.2) is 121 Å². The maximum absolute atomic E-state index is 13.2. The van der Waals surface area contributed by atoms with Crippen molar-refractivity contribution >= 4 is 11.6 Å². The molecule has 0 heterocycles. The first-order valence-electron chi connectivity index (χ1n) is 12.4. The summed E-state index contributed by atoms with van der Waals surface area (Å²) in [6.07, 6.45) is 0. The third kappa shape index (κ3) is 6.45. The molecule has 0 unspecified atom stereocenters. The number of halogens is 2. The Labute approximate surface area is 231 Å². The molecule has 0 saturated carbocycles. The van der Waals surface area contributed by atoms with Gasteiger partial charge < -0.3 is 0 Å². The maximum Gasteiger partial charge on any atom is 0.193 e. The number of benzene rings is 5. The summed E-state index contributed by atoms with van der Waals surface area (Å²) >= 11 is 0. The first-order chi connectivity index (χ1) is 19.4. The molecule has 0 saturated heterocycles. The van der Waals surface area contributed by atoms with Crippen molar-refractivity contribution in [3.05, 3.63) is 177 Å². The highest BCUT2D eigenvalue weighted by atomic mass is 19.1. The Balaban J connectivity index is 1.27. The summed E-state index contributed by atoms with van der Waals surface area (Å²) in [6, 6.07) is 32.4. The molecule has 0 bridgehead atoms. The van der Waals surface area contributed by atoms with Gasteiger partial charge in [-0.05, 0) is 97.1 Å². The van der Waals surface area contributed by atoms with Gasteiger partial charge in [0.25, 0.3) is 0 Å². The zero-order chi connectivity index (χ0) is 27.9. The molecule has 4 heteroatoms. The molecule has 5 aromatic rings. The molecule has 0 fully saturated rings. The highest BCUT2D eigenvalue weighted by molar-refractivity contribution is 6.09. The van der Waals surface area contributed by atoms with Crippen molar-refractivity contribution in [3.63, 3.8) is 0 Å². The first kappa shape index (κ1) is 26.0. The maximum atomic E-state index is 13.2. The van der Waals surface area contributed by atoms with Crippen LogP contribution in [-0.4, -0.2) is 11.6 Å². The normalized spacial score (nSPS) is 10.1. The Morgan fingerprint density at radius 1 is 0.400 bits per heavy atom. The van der Waals surface area contributed by atoms with E-state index in [0.717, 1.165) is 11.1 Å². The molecule has 5 aromatic carbocycles. The SMILES string of the molecule is O=C(c1ccc(F)cc1)c1cccc(C#Cc2ccc(C#Cc3cccc(C(=O)c4ccc(F)cc4)c3)cc2)c1. The number of ketones is 2. The van der Waals surface area contributed by atoms with Gasteiger partial charge in [0.1, 0.15) is 11.6 Å². The van der Waals surface area contributed by atoms with Crippen molar-refractivity contribution in [3.8, 4) is 23.7 Å². The van der Waals surface area contributed by atoms with Crippen LogP contribution in [0.3, 0.4) is 0 Å². The van der Waals surface area contributed by atoms with Crippen LogP contribution in [0.4, 0.5) is 8.78 Å². The molecule has 0 aliphatic carbocycles. The molecule has 0 atom stereocenters. The molecule has 5 rings (SSSR count). The van der Waals surface area contributed by atoms with E-state index >= 15 is 0 Å². The van der Waals surface area contributed by atoms with Crippen LogP contribution in [0.2, 0.25) is 0 Å². The van der Waals surface area contributed by atoms with Gasteiger partial charge in [-0.1, -0.05) is 47.9 Å². The van der Waals surface area contributed by atoms with E-state index in [0.29, 0.717) is 33.4 Å². The number of rotatable bonds is 4. The second-order valence-electron chi connectivity index (χ2n) is 8.91. The lowest BCUT2D eigenvalue weighted by Crippen LogP contribution is -2.01. The molecule has 0 radical (unpaired) electrons. The van der Waals surface area contributed by atoms with Crippen molar-refractivity contribution in [1.82, 2.24) is 0 Å². The lowest BCUT2D eigenvalue weighted by Gasteiger charge is -2.02. The van der Waals surface area contributed by atoms with Gasteiger partial charge in [-0.2, -0.15) is 0 Å². The molecule has 2 nitrogen and oxygen atoms in total. The monoisotopic (exact) mass is 522 g/mol. The minimum atomic E-state index is -0.391. The Bertz CT molecular complexity index is 1690. The summed E-state index contributed by atoms with van der Waals surface area (Å²) in [5.74, 6) is 11.2. The molecule has 40 heavy (non-hydrogen) atoms. The van der Waals surface area contributed by atoms with Gasteiger partial charge in [0, 0.05) is 44.5 Å². The summed E-state index contributed by atoms with van der Waals surface area (Å²) in [4.78, 5) is 25.4. The molecule has 0 spiro atoms. The van der Waals surface area contributed by atoms with E-state index in [1.807, 2.05) is 36.4 Å². The minimum absolute atomic E-state index is 0.197. The second kappa shape index (κ2) is 11.9. The van der Waals surface area contributed by atoms with Gasteiger partial charge in [-0.15, -0.1) is 0 Å². The smallest absolute Gasteiger partial charge is 0.193 e. The number of hydrogen-bond acceptors (Lipinski definition) is 2. The summed E-state index contributed by atoms with van der Waals surface area (Å²) in [7, 11) is 0. The fourth-order valence-electron chi connectivity index (χ4n) is 3.94. The number of hydrogen-bond donors (Lipinski definition) is 0. The molecule has 0 aliphatic heterocycles. The lowest BCUT2D eigenvalue weighted by atomic mass is 10.0. The first-order valence-corrected chi connectivity index (χ1v) is 12.4. The summed E-state index contributed by atoms with van der Waals surface area (Å²) in [5, 5.41) is 0. The Hall–Kier alpha value is -5.58. The average Bonchev–Trinajstić information content (AvgIpc) is 3.00. The van der Waals surface area contributed by atoms with Crippen molar-refractivity contribution in [2.24, 2.45) is 0 Å². The summed E-state index contributed by atoms with van der Waals surface area (Å²) < 4.78 is 26.3. The van der Waals surface area contributed by atoms with E-state index < -0.39 is 11.6 Å². The lowest BCUT2D eigenvalue weighted by molar-refractivity contribution is 0.103. The standard InChI is InChI=1S/C36H20F2O2/c37-33-19-15-29(16-20-33)35(39)31-5-1-3-27(23-31)13-11-25-7-9-26(10-8-25)12-14-28-4-2-6-32(24-28)36(40)30-17-21-34(38)22-18-30/h1-10,15-24H. The van der Waals surface area contributed by atoms with Crippen LogP contribution in [0.1, 0.15) is 54.1 Å². The molecular formula is C36H20F2O2. The predicted octanol–water partition coefficient (Wildman–Crippen LogP) is 7.23. The summed E-state index contributed by atoms with van der Waals surface area (Å²) in [6.45, 7) is 0.